The van der Waals surface area contributed by atoms with E-state index in [4.69, 9.17) is 17.5 Å². The van der Waals surface area contributed by atoms with Gasteiger partial charge in [0.05, 0.1) is 43.4 Å². The highest BCUT2D eigenvalue weighted by molar-refractivity contribution is 7.22. The third-order valence-corrected chi connectivity index (χ3v) is 11.8. The van der Waals surface area contributed by atoms with Crippen molar-refractivity contribution in [2.75, 3.05) is 29.5 Å². The molecule has 0 aliphatic heterocycles. The minimum atomic E-state index is 0.705. The van der Waals surface area contributed by atoms with E-state index in [1.807, 2.05) is 49.4 Å². The maximum absolute atomic E-state index is 5.53. The number of rotatable bonds is 3. The molecule has 0 saturated heterocycles. The zero-order valence-corrected chi connectivity index (χ0v) is 31.7. The summed E-state index contributed by atoms with van der Waals surface area (Å²) in [6, 6.07) is 15.5. The van der Waals surface area contributed by atoms with Crippen LogP contribution in [0.2, 0.25) is 0 Å². The number of thiazole rings is 4. The van der Waals surface area contributed by atoms with Gasteiger partial charge < -0.3 is 0 Å². The number of nitrogens with two attached hydrogens (primary N) is 3. The van der Waals surface area contributed by atoms with E-state index in [1.54, 1.807) is 37.8 Å². The van der Waals surface area contributed by atoms with Gasteiger partial charge in [0.15, 0.2) is 5.13 Å². The fraction of sp³-hybridized carbons (Fsp3) is 0.103. The Kier molecular flexibility index (Phi) is 10.3. The maximum atomic E-state index is 5.53. The lowest BCUT2D eigenvalue weighted by atomic mass is 10.3. The van der Waals surface area contributed by atoms with E-state index in [9.17, 15) is 0 Å². The van der Waals surface area contributed by atoms with Gasteiger partial charge in [-0.1, -0.05) is 34.0 Å². The van der Waals surface area contributed by atoms with E-state index in [1.165, 1.54) is 72.2 Å². The Balaban J connectivity index is 0.000000106. The molecule has 0 atom stereocenters. The van der Waals surface area contributed by atoms with Crippen LogP contribution in [0.1, 0.15) is 5.01 Å². The minimum Gasteiger partial charge on any atom is -0.300 e. The van der Waals surface area contributed by atoms with Gasteiger partial charge in [0.1, 0.15) is 48.3 Å². The highest BCUT2D eigenvalue weighted by Gasteiger charge is 2.09. The van der Waals surface area contributed by atoms with E-state index in [2.05, 4.69) is 58.9 Å². The van der Waals surface area contributed by atoms with Gasteiger partial charge in [-0.15, -0.1) is 11.3 Å². The van der Waals surface area contributed by atoms with Gasteiger partial charge >= 0.3 is 0 Å². The van der Waals surface area contributed by atoms with Crippen LogP contribution in [-0.2, 0) is 0 Å². The molecule has 0 unspecified atom stereocenters. The number of nitrogens with one attached hydrogen (secondary N) is 1. The normalized spacial score (nSPS) is 10.9. The highest BCUT2D eigenvalue weighted by Crippen LogP contribution is 2.30. The molecule has 22 heteroatoms. The van der Waals surface area contributed by atoms with E-state index in [0.717, 1.165) is 73.8 Å². The Hall–Kier alpha value is -4.78. The minimum absolute atomic E-state index is 0.705. The standard InChI is InChI=1S/C8H5N3S2.C7H5N5S2.2C7H8N4S/c1-4-9-8-6(12-4)3-2-5-7(8)11-13-10-5;8-10-7-9-5-1-3-4(12-14-11-3)2-6(5)13-7;2*1-11(8)7-10-5-3-2-4-9-6(5)12-7/h2-3H,1H3;1-2H,8H2,(H,9,10);2*2-4H,8H2,1H3. The van der Waals surface area contributed by atoms with Gasteiger partial charge in [-0.05, 0) is 55.5 Å². The number of pyridine rings is 2. The van der Waals surface area contributed by atoms with Crippen LogP contribution in [0.4, 0.5) is 15.4 Å². The lowest BCUT2D eigenvalue weighted by Gasteiger charge is -2.04. The third-order valence-electron chi connectivity index (χ3n) is 6.69. The molecule has 51 heavy (non-hydrogen) atoms. The fourth-order valence-corrected chi connectivity index (χ4v) is 8.69. The Morgan fingerprint density at radius 3 is 1.80 bits per heavy atom. The molecule has 0 bridgehead atoms. The van der Waals surface area contributed by atoms with Gasteiger partial charge in [0, 0.05) is 26.5 Å². The number of benzene rings is 2. The lowest BCUT2D eigenvalue weighted by molar-refractivity contribution is 1.01. The predicted octanol–water partition coefficient (Wildman–Crippen LogP) is 6.20. The highest BCUT2D eigenvalue weighted by atomic mass is 32.1. The summed E-state index contributed by atoms with van der Waals surface area (Å²) in [6.07, 6.45) is 3.50. The maximum Gasteiger partial charge on any atom is 0.202 e. The molecular formula is C29H26N16S6. The predicted molar refractivity (Wildman–Crippen MR) is 214 cm³/mol. The van der Waals surface area contributed by atoms with Crippen LogP contribution >= 0.6 is 68.8 Å². The van der Waals surface area contributed by atoms with Crippen LogP contribution in [0, 0.1) is 6.92 Å². The van der Waals surface area contributed by atoms with Crippen molar-refractivity contribution in [2.24, 2.45) is 17.5 Å². The second-order valence-electron chi connectivity index (χ2n) is 10.4. The molecule has 258 valence electrons. The zero-order valence-electron chi connectivity index (χ0n) is 26.8. The Morgan fingerprint density at radius 2 is 1.20 bits per heavy atom. The summed E-state index contributed by atoms with van der Waals surface area (Å²) >= 11 is 8.62. The molecule has 10 rings (SSSR count). The first kappa shape index (κ1) is 34.7. The van der Waals surface area contributed by atoms with Crippen molar-refractivity contribution >= 4 is 147 Å². The summed E-state index contributed by atoms with van der Waals surface area (Å²) < 4.78 is 19.0. The number of hydrogen-bond donors (Lipinski definition) is 4. The van der Waals surface area contributed by atoms with Crippen molar-refractivity contribution in [3.63, 3.8) is 0 Å². The van der Waals surface area contributed by atoms with Crippen LogP contribution < -0.4 is 33.0 Å². The van der Waals surface area contributed by atoms with Crippen LogP contribution in [0.3, 0.4) is 0 Å². The smallest absolute Gasteiger partial charge is 0.202 e. The van der Waals surface area contributed by atoms with Crippen molar-refractivity contribution in [3.8, 4) is 0 Å². The first-order valence-corrected chi connectivity index (χ1v) is 19.4. The molecule has 16 nitrogen and oxygen atoms in total. The Bertz CT molecular complexity index is 2510. The number of aromatic nitrogens is 10. The molecule has 8 heterocycles. The molecule has 0 amide bonds. The quantitative estimate of drug-likeness (QED) is 0.115. The topological polar surface area (TPSA) is 225 Å². The number of aryl methyl sites for hydroxylation is 1. The molecule has 0 spiro atoms. The summed E-state index contributed by atoms with van der Waals surface area (Å²) in [5.74, 6) is 16.3. The number of nitrogen functional groups attached to an aromatic ring is 1. The summed E-state index contributed by atoms with van der Waals surface area (Å²) in [5.41, 5.74) is 9.91. The third kappa shape index (κ3) is 7.78. The molecule has 0 radical (unpaired) electrons. The molecule has 8 aromatic heterocycles. The SMILES string of the molecule is CN(N)c1nc2cccnc2s1.CN(N)c1nc2cccnc2s1.Cc1nc2c(ccc3nsnc32)s1.NNc1nc2cc3nsnc3cc2s1. The number of nitrogens with zero attached hydrogens (tertiary/aromatic N) is 12. The van der Waals surface area contributed by atoms with Crippen molar-refractivity contribution in [3.05, 3.63) is 65.9 Å². The molecule has 0 aliphatic rings. The Morgan fingerprint density at radius 1 is 0.588 bits per heavy atom. The average Bonchev–Trinajstić information content (AvgIpc) is 3.98. The Labute approximate surface area is 312 Å². The number of hydrogen-bond acceptors (Lipinski definition) is 22. The van der Waals surface area contributed by atoms with Gasteiger partial charge in [-0.25, -0.2) is 47.4 Å². The summed E-state index contributed by atoms with van der Waals surface area (Å²) in [7, 11) is 3.52. The van der Waals surface area contributed by atoms with Crippen molar-refractivity contribution < 1.29 is 0 Å². The second kappa shape index (κ2) is 15.2. The molecule has 0 saturated carbocycles. The summed E-state index contributed by atoms with van der Waals surface area (Å²) in [5, 5.41) is 6.33. The van der Waals surface area contributed by atoms with E-state index < -0.39 is 0 Å². The molecule has 0 fully saturated rings. The lowest BCUT2D eigenvalue weighted by Crippen LogP contribution is -2.24. The largest absolute Gasteiger partial charge is 0.300 e. The molecule has 0 aliphatic carbocycles. The van der Waals surface area contributed by atoms with Crippen molar-refractivity contribution in [2.45, 2.75) is 6.92 Å². The molecule has 7 N–H and O–H groups in total. The van der Waals surface area contributed by atoms with Gasteiger partial charge in [-0.3, -0.25) is 15.4 Å². The van der Waals surface area contributed by atoms with Crippen LogP contribution in [0.15, 0.2) is 60.9 Å². The van der Waals surface area contributed by atoms with Crippen LogP contribution in [0.25, 0.3) is 63.2 Å². The molecule has 2 aromatic carbocycles. The summed E-state index contributed by atoms with van der Waals surface area (Å²) in [6.45, 7) is 2.01. The average molecular weight is 791 g/mol. The molecular weight excluding hydrogens is 765 g/mol. The molecule has 10 aromatic rings. The van der Waals surface area contributed by atoms with E-state index in [0.29, 0.717) is 5.13 Å². The zero-order chi connectivity index (χ0) is 35.5. The number of hydrazine groups is 3. The summed E-state index contributed by atoms with van der Waals surface area (Å²) in [4.78, 5) is 27.4. The van der Waals surface area contributed by atoms with E-state index in [-0.39, 0.29) is 0 Å². The van der Waals surface area contributed by atoms with E-state index >= 15 is 0 Å². The second-order valence-corrected chi connectivity index (χ2v) is 15.6. The van der Waals surface area contributed by atoms with Gasteiger partial charge in [0.2, 0.25) is 10.3 Å². The first-order valence-electron chi connectivity index (χ1n) is 14.6. The van der Waals surface area contributed by atoms with Crippen molar-refractivity contribution in [1.29, 1.82) is 0 Å². The number of anilines is 3. The van der Waals surface area contributed by atoms with Crippen LogP contribution in [-0.4, -0.2) is 61.5 Å². The monoisotopic (exact) mass is 790 g/mol. The van der Waals surface area contributed by atoms with Gasteiger partial charge in [-0.2, -0.15) is 17.5 Å². The van der Waals surface area contributed by atoms with Crippen molar-refractivity contribution in [1.82, 2.24) is 47.4 Å². The number of fused-ring (bicyclic) bond motifs is 7. The first-order chi connectivity index (χ1) is 24.7. The van der Waals surface area contributed by atoms with Gasteiger partial charge in [0.25, 0.3) is 0 Å². The fourth-order valence-electron chi connectivity index (χ4n) is 4.44. The van der Waals surface area contributed by atoms with Crippen LogP contribution in [0.5, 0.6) is 0 Å².